The summed E-state index contributed by atoms with van der Waals surface area (Å²) in [6.45, 7) is 0.813. The fourth-order valence-electron chi connectivity index (χ4n) is 2.97. The van der Waals surface area contributed by atoms with E-state index in [9.17, 15) is 14.4 Å². The van der Waals surface area contributed by atoms with Crippen molar-refractivity contribution in [1.82, 2.24) is 9.80 Å². The van der Waals surface area contributed by atoms with E-state index in [1.54, 1.807) is 24.0 Å². The van der Waals surface area contributed by atoms with E-state index in [-0.39, 0.29) is 42.7 Å². The Morgan fingerprint density at radius 3 is 2.60 bits per heavy atom. The monoisotopic (exact) mass is 284 g/mol. The van der Waals surface area contributed by atoms with Gasteiger partial charge in [0, 0.05) is 39.7 Å². The number of nitrogens with zero attached hydrogens (tertiary/aromatic N) is 2. The first-order valence-electron chi connectivity index (χ1n) is 6.71. The molecule has 2 heterocycles. The molecule has 7 heteroatoms. The number of amides is 2. The van der Waals surface area contributed by atoms with Crippen molar-refractivity contribution in [2.75, 3.05) is 27.2 Å². The number of carboxylic acid groups (broad SMARTS) is 1. The fraction of sp³-hybridized carbons (Fsp3) is 0.769. The van der Waals surface area contributed by atoms with Gasteiger partial charge in [-0.1, -0.05) is 0 Å². The SMILES string of the molecule is COC1CC(CC(=O)O)N(C(=O)C2CC(=O)N(C)C2)C1. The van der Waals surface area contributed by atoms with Crippen LogP contribution in [0.4, 0.5) is 0 Å². The van der Waals surface area contributed by atoms with Gasteiger partial charge in [-0.25, -0.2) is 0 Å². The summed E-state index contributed by atoms with van der Waals surface area (Å²) in [6.07, 6.45) is 0.536. The van der Waals surface area contributed by atoms with Crippen molar-refractivity contribution in [2.45, 2.75) is 31.4 Å². The highest BCUT2D eigenvalue weighted by atomic mass is 16.5. The van der Waals surface area contributed by atoms with Crippen LogP contribution in [-0.2, 0) is 19.1 Å². The van der Waals surface area contributed by atoms with Crippen LogP contribution in [0.5, 0.6) is 0 Å². The molecule has 0 saturated carbocycles. The smallest absolute Gasteiger partial charge is 0.305 e. The third-order valence-electron chi connectivity index (χ3n) is 4.09. The molecule has 0 aromatic rings. The van der Waals surface area contributed by atoms with Crippen LogP contribution in [0.1, 0.15) is 19.3 Å². The van der Waals surface area contributed by atoms with Crippen LogP contribution in [0.15, 0.2) is 0 Å². The van der Waals surface area contributed by atoms with Crippen molar-refractivity contribution < 1.29 is 24.2 Å². The standard InChI is InChI=1S/C13H20N2O5/c1-14-6-8(3-11(14)16)13(19)15-7-10(20-2)4-9(15)5-12(17)18/h8-10H,3-7H2,1-2H3,(H,17,18). The summed E-state index contributed by atoms with van der Waals surface area (Å²) in [7, 11) is 3.23. The highest BCUT2D eigenvalue weighted by Crippen LogP contribution is 2.27. The molecule has 2 aliphatic rings. The number of ether oxygens (including phenoxy) is 1. The average molecular weight is 284 g/mol. The molecule has 0 bridgehead atoms. The van der Waals surface area contributed by atoms with Gasteiger partial charge in [0.1, 0.15) is 0 Å². The van der Waals surface area contributed by atoms with E-state index < -0.39 is 5.97 Å². The van der Waals surface area contributed by atoms with Crippen molar-refractivity contribution in [3.8, 4) is 0 Å². The quantitative estimate of drug-likeness (QED) is 0.756. The molecule has 2 fully saturated rings. The van der Waals surface area contributed by atoms with E-state index in [4.69, 9.17) is 9.84 Å². The van der Waals surface area contributed by atoms with E-state index in [2.05, 4.69) is 0 Å². The Bertz CT molecular complexity index is 425. The Morgan fingerprint density at radius 1 is 1.40 bits per heavy atom. The molecule has 3 unspecified atom stereocenters. The Kier molecular flexibility index (Phi) is 4.27. The molecule has 0 aromatic heterocycles. The number of hydrogen-bond acceptors (Lipinski definition) is 4. The number of carbonyl (C=O) groups is 3. The topological polar surface area (TPSA) is 87.1 Å². The van der Waals surface area contributed by atoms with Crippen molar-refractivity contribution in [1.29, 1.82) is 0 Å². The molecular formula is C13H20N2O5. The van der Waals surface area contributed by atoms with Crippen molar-refractivity contribution in [3.05, 3.63) is 0 Å². The number of carbonyl (C=O) groups excluding carboxylic acids is 2. The summed E-state index contributed by atoms with van der Waals surface area (Å²) in [6, 6.07) is -0.342. The first-order valence-corrected chi connectivity index (χ1v) is 6.71. The Morgan fingerprint density at radius 2 is 2.10 bits per heavy atom. The van der Waals surface area contributed by atoms with Gasteiger partial charge in [-0.15, -0.1) is 0 Å². The molecule has 2 aliphatic heterocycles. The minimum absolute atomic E-state index is 0.0411. The maximum Gasteiger partial charge on any atom is 0.305 e. The molecule has 20 heavy (non-hydrogen) atoms. The second-order valence-electron chi connectivity index (χ2n) is 5.51. The van der Waals surface area contributed by atoms with Gasteiger partial charge in [0.25, 0.3) is 0 Å². The number of carboxylic acids is 1. The van der Waals surface area contributed by atoms with E-state index in [0.29, 0.717) is 19.5 Å². The van der Waals surface area contributed by atoms with E-state index >= 15 is 0 Å². The van der Waals surface area contributed by atoms with Crippen LogP contribution in [0.2, 0.25) is 0 Å². The Labute approximate surface area is 117 Å². The molecule has 2 rings (SSSR count). The highest BCUT2D eigenvalue weighted by molar-refractivity contribution is 5.89. The second kappa shape index (κ2) is 5.78. The average Bonchev–Trinajstić information content (AvgIpc) is 2.92. The van der Waals surface area contributed by atoms with Crippen molar-refractivity contribution in [2.24, 2.45) is 5.92 Å². The molecule has 112 valence electrons. The molecule has 1 N–H and O–H groups in total. The van der Waals surface area contributed by atoms with Gasteiger partial charge in [0.05, 0.1) is 18.4 Å². The zero-order valence-corrected chi connectivity index (χ0v) is 11.7. The minimum atomic E-state index is -0.927. The minimum Gasteiger partial charge on any atom is -0.481 e. The molecule has 2 amide bonds. The lowest BCUT2D eigenvalue weighted by Gasteiger charge is -2.25. The number of rotatable bonds is 4. The summed E-state index contributed by atoms with van der Waals surface area (Å²) in [5, 5.41) is 8.94. The van der Waals surface area contributed by atoms with Crippen LogP contribution in [0, 0.1) is 5.92 Å². The molecule has 0 radical (unpaired) electrons. The highest BCUT2D eigenvalue weighted by Gasteiger charge is 2.42. The molecule has 0 spiro atoms. The summed E-state index contributed by atoms with van der Waals surface area (Å²) in [5.74, 6) is -1.46. The van der Waals surface area contributed by atoms with Gasteiger partial charge in [-0.2, -0.15) is 0 Å². The van der Waals surface area contributed by atoms with Crippen molar-refractivity contribution >= 4 is 17.8 Å². The van der Waals surface area contributed by atoms with E-state index in [0.717, 1.165) is 0 Å². The zero-order valence-electron chi connectivity index (χ0n) is 11.7. The van der Waals surface area contributed by atoms with Gasteiger partial charge in [0.15, 0.2) is 0 Å². The van der Waals surface area contributed by atoms with E-state index in [1.165, 1.54) is 0 Å². The first kappa shape index (κ1) is 14.8. The third-order valence-corrected chi connectivity index (χ3v) is 4.09. The largest absolute Gasteiger partial charge is 0.481 e. The molecule has 0 aromatic carbocycles. The van der Waals surface area contributed by atoms with Gasteiger partial charge in [0.2, 0.25) is 11.8 Å². The van der Waals surface area contributed by atoms with Crippen LogP contribution >= 0.6 is 0 Å². The summed E-state index contributed by atoms with van der Waals surface area (Å²) >= 11 is 0. The summed E-state index contributed by atoms with van der Waals surface area (Å²) in [5.41, 5.74) is 0. The first-order chi connectivity index (χ1) is 9.42. The number of methoxy groups -OCH3 is 1. The lowest BCUT2D eigenvalue weighted by Crippen LogP contribution is -2.41. The zero-order chi connectivity index (χ0) is 14.9. The van der Waals surface area contributed by atoms with Crippen LogP contribution < -0.4 is 0 Å². The second-order valence-corrected chi connectivity index (χ2v) is 5.51. The van der Waals surface area contributed by atoms with Crippen LogP contribution in [0.3, 0.4) is 0 Å². The molecule has 3 atom stereocenters. The maximum atomic E-state index is 12.5. The van der Waals surface area contributed by atoms with Gasteiger partial charge >= 0.3 is 5.97 Å². The fourth-order valence-corrected chi connectivity index (χ4v) is 2.97. The molecule has 2 saturated heterocycles. The number of hydrogen-bond donors (Lipinski definition) is 1. The lowest BCUT2D eigenvalue weighted by molar-refractivity contribution is -0.141. The van der Waals surface area contributed by atoms with Gasteiger partial charge < -0.3 is 19.6 Å². The Hall–Kier alpha value is -1.63. The number of aliphatic carboxylic acids is 1. The summed E-state index contributed by atoms with van der Waals surface area (Å²) in [4.78, 5) is 38.0. The van der Waals surface area contributed by atoms with Gasteiger partial charge in [-0.05, 0) is 6.42 Å². The predicted molar refractivity (Wildman–Crippen MR) is 68.9 cm³/mol. The van der Waals surface area contributed by atoms with E-state index in [1.807, 2.05) is 0 Å². The molecule has 7 nitrogen and oxygen atoms in total. The summed E-state index contributed by atoms with van der Waals surface area (Å²) < 4.78 is 5.24. The predicted octanol–water partition coefficient (Wildman–Crippen LogP) is -0.445. The van der Waals surface area contributed by atoms with Crippen LogP contribution in [-0.4, -0.2) is 72.1 Å². The third kappa shape index (κ3) is 2.92. The molecule has 0 aliphatic carbocycles. The normalized spacial score (nSPS) is 30.1. The lowest BCUT2D eigenvalue weighted by atomic mass is 10.1. The Balaban J connectivity index is 2.06. The van der Waals surface area contributed by atoms with Crippen LogP contribution in [0.25, 0.3) is 0 Å². The number of likely N-dealkylation sites (tertiary alicyclic amines) is 2. The van der Waals surface area contributed by atoms with Crippen molar-refractivity contribution in [3.63, 3.8) is 0 Å². The molecular weight excluding hydrogens is 264 g/mol. The maximum absolute atomic E-state index is 12.5. The van der Waals surface area contributed by atoms with Gasteiger partial charge in [-0.3, -0.25) is 14.4 Å².